The molecule has 1 saturated carbocycles. The van der Waals surface area contributed by atoms with Crippen LogP contribution in [0.4, 0.5) is 4.79 Å². The lowest BCUT2D eigenvalue weighted by Gasteiger charge is -2.53. The van der Waals surface area contributed by atoms with E-state index in [1.807, 2.05) is 4.90 Å². The number of nitrogens with zero attached hydrogens (tertiary/aromatic N) is 3. The first-order valence-corrected chi connectivity index (χ1v) is 12.0. The second-order valence-electron chi connectivity index (χ2n) is 9.75. The lowest BCUT2D eigenvalue weighted by atomic mass is 9.65. The Morgan fingerprint density at radius 2 is 1.97 bits per heavy atom. The second-order valence-corrected chi connectivity index (χ2v) is 9.75. The molecule has 29 heavy (non-hydrogen) atoms. The molecule has 0 aromatic rings. The van der Waals surface area contributed by atoms with Gasteiger partial charge in [-0.2, -0.15) is 0 Å². The molecule has 1 N–H and O–H groups in total. The van der Waals surface area contributed by atoms with Gasteiger partial charge in [0.15, 0.2) is 0 Å². The number of likely N-dealkylation sites (N-methyl/N-ethyl adjacent to an activating group) is 1. The van der Waals surface area contributed by atoms with Gasteiger partial charge in [0, 0.05) is 51.1 Å². The van der Waals surface area contributed by atoms with Crippen LogP contribution in [-0.4, -0.2) is 84.4 Å². The fourth-order valence-electron chi connectivity index (χ4n) is 5.92. The minimum atomic E-state index is -0.00839. The molecular formula is C23H42N4O2. The number of hydrogen-bond donors (Lipinski definition) is 1. The smallest absolute Gasteiger partial charge is 0.317 e. The summed E-state index contributed by atoms with van der Waals surface area (Å²) in [5, 5.41) is 3.33. The summed E-state index contributed by atoms with van der Waals surface area (Å²) in [6.45, 7) is 13.4. The highest BCUT2D eigenvalue weighted by Crippen LogP contribution is 2.44. The van der Waals surface area contributed by atoms with E-state index < -0.39 is 0 Å². The standard InChI is InChI=1S/C23H42N4O2/c1-4-11-27-18-19(16-23(3)17-20(28)9-10-21(23)27)24-22(29)26(5-2)15-14-25-12-7-6-8-13-25/h19,21H,4-18H2,1-3H3,(H,24,29)/t19-,21+,23?/m0/s1. The van der Waals surface area contributed by atoms with Gasteiger partial charge < -0.3 is 15.1 Å². The van der Waals surface area contributed by atoms with Crippen LogP contribution in [0.25, 0.3) is 0 Å². The van der Waals surface area contributed by atoms with Crippen LogP contribution in [0.2, 0.25) is 0 Å². The molecule has 0 aromatic carbocycles. The molecule has 6 nitrogen and oxygen atoms in total. The van der Waals surface area contributed by atoms with Gasteiger partial charge in [-0.3, -0.25) is 9.69 Å². The molecule has 0 bridgehead atoms. The Hall–Kier alpha value is -1.14. The molecule has 2 aliphatic heterocycles. The van der Waals surface area contributed by atoms with Gasteiger partial charge in [-0.25, -0.2) is 4.79 Å². The number of fused-ring (bicyclic) bond motifs is 1. The molecule has 1 unspecified atom stereocenters. The average Bonchev–Trinajstić information content (AvgIpc) is 2.68. The number of ketones is 1. The van der Waals surface area contributed by atoms with Crippen molar-refractivity contribution in [2.24, 2.45) is 5.41 Å². The van der Waals surface area contributed by atoms with Crippen molar-refractivity contribution in [2.75, 3.05) is 45.8 Å². The monoisotopic (exact) mass is 406 g/mol. The van der Waals surface area contributed by atoms with Gasteiger partial charge >= 0.3 is 6.03 Å². The molecule has 3 rings (SSSR count). The van der Waals surface area contributed by atoms with Gasteiger partial charge in [-0.15, -0.1) is 0 Å². The number of carbonyl (C=O) groups is 2. The molecule has 166 valence electrons. The highest BCUT2D eigenvalue weighted by atomic mass is 16.2. The van der Waals surface area contributed by atoms with E-state index in [2.05, 4.69) is 35.9 Å². The Morgan fingerprint density at radius 3 is 2.66 bits per heavy atom. The number of hydrogen-bond acceptors (Lipinski definition) is 4. The Morgan fingerprint density at radius 1 is 1.21 bits per heavy atom. The average molecular weight is 407 g/mol. The number of urea groups is 1. The number of nitrogens with one attached hydrogen (secondary N) is 1. The largest absolute Gasteiger partial charge is 0.334 e. The van der Waals surface area contributed by atoms with Gasteiger partial charge in [-0.1, -0.05) is 20.3 Å². The first-order valence-electron chi connectivity index (χ1n) is 12.0. The molecule has 1 aliphatic carbocycles. The summed E-state index contributed by atoms with van der Waals surface area (Å²) < 4.78 is 0. The predicted octanol–water partition coefficient (Wildman–Crippen LogP) is 3.12. The van der Waals surface area contributed by atoms with Gasteiger partial charge in [0.2, 0.25) is 0 Å². The van der Waals surface area contributed by atoms with Gasteiger partial charge in [0.1, 0.15) is 5.78 Å². The van der Waals surface area contributed by atoms with Gasteiger partial charge in [-0.05, 0) is 64.1 Å². The van der Waals surface area contributed by atoms with Crippen LogP contribution in [0.15, 0.2) is 0 Å². The molecule has 0 aromatic heterocycles. The van der Waals surface area contributed by atoms with Crippen LogP contribution >= 0.6 is 0 Å². The van der Waals surface area contributed by atoms with E-state index in [0.29, 0.717) is 18.2 Å². The van der Waals surface area contributed by atoms with Crippen LogP contribution in [0.3, 0.4) is 0 Å². The number of carbonyl (C=O) groups excluding carboxylic acids is 2. The summed E-state index contributed by atoms with van der Waals surface area (Å²) in [4.78, 5) is 32.2. The molecule has 2 heterocycles. The molecular weight excluding hydrogens is 364 g/mol. The first-order chi connectivity index (χ1) is 13.9. The zero-order valence-corrected chi connectivity index (χ0v) is 18.9. The van der Waals surface area contributed by atoms with Gasteiger partial charge in [0.25, 0.3) is 0 Å². The Bertz CT molecular complexity index is 563. The van der Waals surface area contributed by atoms with Crippen molar-refractivity contribution in [3.05, 3.63) is 0 Å². The Labute approximate surface area is 177 Å². The molecule has 2 saturated heterocycles. The Balaban J connectivity index is 1.58. The second kappa shape index (κ2) is 10.3. The predicted molar refractivity (Wildman–Crippen MR) is 117 cm³/mol. The summed E-state index contributed by atoms with van der Waals surface area (Å²) in [6.07, 6.45) is 8.29. The van der Waals surface area contributed by atoms with E-state index in [4.69, 9.17) is 0 Å². The normalized spacial score (nSPS) is 31.3. The summed E-state index contributed by atoms with van der Waals surface area (Å²) in [5.41, 5.74) is -0.00839. The summed E-state index contributed by atoms with van der Waals surface area (Å²) in [6, 6.07) is 0.676. The van der Waals surface area contributed by atoms with Crippen LogP contribution < -0.4 is 5.32 Å². The van der Waals surface area contributed by atoms with Gasteiger partial charge in [0.05, 0.1) is 0 Å². The van der Waals surface area contributed by atoms with Crippen molar-refractivity contribution in [1.29, 1.82) is 0 Å². The van der Waals surface area contributed by atoms with Crippen molar-refractivity contribution in [3.8, 4) is 0 Å². The first kappa shape index (κ1) is 22.5. The molecule has 3 aliphatic rings. The maximum Gasteiger partial charge on any atom is 0.317 e. The molecule has 0 spiro atoms. The lowest BCUT2D eigenvalue weighted by Crippen LogP contribution is -2.62. The number of amides is 2. The SMILES string of the molecule is CCCN1C[C@@H](NC(=O)N(CC)CCN2CCCCC2)CC2(C)CC(=O)CC[C@@H]12. The number of rotatable bonds is 7. The maximum absolute atomic E-state index is 13.0. The maximum atomic E-state index is 13.0. The van der Waals surface area contributed by atoms with Crippen LogP contribution in [0, 0.1) is 5.41 Å². The van der Waals surface area contributed by atoms with Crippen LogP contribution in [0.1, 0.15) is 72.1 Å². The highest BCUT2D eigenvalue weighted by Gasteiger charge is 2.48. The number of likely N-dealkylation sites (tertiary alicyclic amines) is 2. The topological polar surface area (TPSA) is 55.9 Å². The summed E-state index contributed by atoms with van der Waals surface area (Å²) in [7, 11) is 0. The molecule has 3 atom stereocenters. The fourth-order valence-corrected chi connectivity index (χ4v) is 5.92. The third-order valence-corrected chi connectivity index (χ3v) is 7.35. The van der Waals surface area contributed by atoms with E-state index in [-0.39, 0.29) is 17.5 Å². The third-order valence-electron chi connectivity index (χ3n) is 7.35. The van der Waals surface area contributed by atoms with Crippen molar-refractivity contribution in [3.63, 3.8) is 0 Å². The zero-order chi connectivity index (χ0) is 20.9. The fraction of sp³-hybridized carbons (Fsp3) is 0.913. The van der Waals surface area contributed by atoms with E-state index in [9.17, 15) is 9.59 Å². The number of Topliss-reactive ketones (excluding diaryl/α,β-unsaturated/α-hetero) is 1. The molecule has 3 fully saturated rings. The lowest BCUT2D eigenvalue weighted by molar-refractivity contribution is -0.129. The minimum absolute atomic E-state index is 0.00839. The molecule has 6 heteroatoms. The van der Waals surface area contributed by atoms with Crippen molar-refractivity contribution in [1.82, 2.24) is 20.0 Å². The highest BCUT2D eigenvalue weighted by molar-refractivity contribution is 5.80. The molecule has 2 amide bonds. The number of piperidine rings is 2. The van der Waals surface area contributed by atoms with E-state index in [1.54, 1.807) is 0 Å². The zero-order valence-electron chi connectivity index (χ0n) is 18.9. The Kier molecular flexibility index (Phi) is 7.97. The molecule has 0 radical (unpaired) electrons. The van der Waals surface area contributed by atoms with Crippen molar-refractivity contribution >= 4 is 11.8 Å². The summed E-state index contributed by atoms with van der Waals surface area (Å²) in [5.74, 6) is 0.392. The van der Waals surface area contributed by atoms with E-state index in [0.717, 1.165) is 58.4 Å². The quantitative estimate of drug-likeness (QED) is 0.706. The van der Waals surface area contributed by atoms with Crippen molar-refractivity contribution < 1.29 is 9.59 Å². The third kappa shape index (κ3) is 5.72. The summed E-state index contributed by atoms with van der Waals surface area (Å²) >= 11 is 0. The van der Waals surface area contributed by atoms with Crippen LogP contribution in [0.5, 0.6) is 0 Å². The van der Waals surface area contributed by atoms with E-state index in [1.165, 1.54) is 32.4 Å². The van der Waals surface area contributed by atoms with Crippen molar-refractivity contribution in [2.45, 2.75) is 84.2 Å². The minimum Gasteiger partial charge on any atom is -0.334 e. The van der Waals surface area contributed by atoms with E-state index >= 15 is 0 Å². The van der Waals surface area contributed by atoms with Crippen LogP contribution in [-0.2, 0) is 4.79 Å².